The van der Waals surface area contributed by atoms with Crippen molar-refractivity contribution in [2.24, 2.45) is 0 Å². The fraction of sp³-hybridized carbons (Fsp3) is 0.421. The Kier molecular flexibility index (Phi) is 5.11. The van der Waals surface area contributed by atoms with Gasteiger partial charge in [-0.05, 0) is 79.9 Å². The summed E-state index contributed by atoms with van der Waals surface area (Å²) in [6.45, 7) is 6.02. The summed E-state index contributed by atoms with van der Waals surface area (Å²) in [6, 6.07) is 8.13. The molecule has 1 aliphatic heterocycles. The molecule has 5 heteroatoms. The first-order valence-corrected chi connectivity index (χ1v) is 9.10. The zero-order valence-corrected chi connectivity index (χ0v) is 16.0. The Morgan fingerprint density at radius 2 is 1.71 bits per heavy atom. The van der Waals surface area contributed by atoms with Crippen molar-refractivity contribution >= 4 is 15.9 Å². The van der Waals surface area contributed by atoms with Crippen LogP contribution in [-0.2, 0) is 0 Å². The maximum absolute atomic E-state index is 13.0. The Bertz CT molecular complexity index is 772. The molecule has 0 aliphatic carbocycles. The van der Waals surface area contributed by atoms with Crippen molar-refractivity contribution in [1.29, 1.82) is 0 Å². The molecule has 2 aromatic rings. The second-order valence-corrected chi connectivity index (χ2v) is 7.42. The molecule has 1 aromatic heterocycles. The largest absolute Gasteiger partial charge is 0.450 e. The lowest BCUT2D eigenvalue weighted by atomic mass is 10.1. The maximum Gasteiger partial charge on any atom is 0.294 e. The molecule has 128 valence electrons. The molecular weight excluding hydrogens is 368 g/mol. The van der Waals surface area contributed by atoms with Crippen LogP contribution in [0.3, 0.4) is 0 Å². The highest BCUT2D eigenvalue weighted by Gasteiger charge is 2.22. The van der Waals surface area contributed by atoms with Crippen molar-refractivity contribution in [2.75, 3.05) is 20.1 Å². The summed E-state index contributed by atoms with van der Waals surface area (Å²) in [7, 11) is 2.12. The molecule has 1 saturated heterocycles. The van der Waals surface area contributed by atoms with Gasteiger partial charge in [0.2, 0.25) is 5.75 Å². The SMILES string of the molecule is Cc1cccc(C)c1Oc1c(Br)ccn(C2CCN(C)CC2)c1=O. The van der Waals surface area contributed by atoms with Crippen LogP contribution in [-0.4, -0.2) is 29.6 Å². The van der Waals surface area contributed by atoms with Crippen molar-refractivity contribution in [3.8, 4) is 11.5 Å². The number of aryl methyl sites for hydroxylation is 2. The van der Waals surface area contributed by atoms with E-state index in [1.54, 1.807) is 0 Å². The molecule has 2 heterocycles. The summed E-state index contributed by atoms with van der Waals surface area (Å²) in [5, 5.41) is 0. The molecule has 0 atom stereocenters. The number of halogens is 1. The summed E-state index contributed by atoms with van der Waals surface area (Å²) in [5.74, 6) is 1.13. The van der Waals surface area contributed by atoms with Crippen LogP contribution in [0.25, 0.3) is 0 Å². The van der Waals surface area contributed by atoms with Crippen LogP contribution in [0, 0.1) is 13.8 Å². The molecule has 1 fully saturated rings. The van der Waals surface area contributed by atoms with Gasteiger partial charge in [0.15, 0.2) is 0 Å². The average molecular weight is 391 g/mol. The zero-order chi connectivity index (χ0) is 17.3. The third kappa shape index (κ3) is 3.42. The third-order valence-electron chi connectivity index (χ3n) is 4.72. The molecular formula is C19H23BrN2O2. The minimum absolute atomic E-state index is 0.0680. The number of aromatic nitrogens is 1. The maximum atomic E-state index is 13.0. The smallest absolute Gasteiger partial charge is 0.294 e. The van der Waals surface area contributed by atoms with E-state index in [1.165, 1.54) is 0 Å². The molecule has 1 aromatic carbocycles. The molecule has 24 heavy (non-hydrogen) atoms. The fourth-order valence-electron chi connectivity index (χ4n) is 3.22. The van der Waals surface area contributed by atoms with Crippen LogP contribution < -0.4 is 10.3 Å². The van der Waals surface area contributed by atoms with Gasteiger partial charge in [0.1, 0.15) is 5.75 Å². The van der Waals surface area contributed by atoms with Gasteiger partial charge < -0.3 is 14.2 Å². The monoisotopic (exact) mass is 390 g/mol. The van der Waals surface area contributed by atoms with Gasteiger partial charge in [-0.2, -0.15) is 0 Å². The summed E-state index contributed by atoms with van der Waals surface area (Å²) in [5.41, 5.74) is 1.98. The average Bonchev–Trinajstić information content (AvgIpc) is 2.55. The Labute approximate surface area is 151 Å². The second kappa shape index (κ2) is 7.11. The molecule has 3 rings (SSSR count). The lowest BCUT2D eigenvalue weighted by molar-refractivity contribution is 0.217. The van der Waals surface area contributed by atoms with Crippen molar-refractivity contribution in [1.82, 2.24) is 9.47 Å². The minimum atomic E-state index is -0.0680. The van der Waals surface area contributed by atoms with E-state index in [1.807, 2.05) is 48.9 Å². The molecule has 0 bridgehead atoms. The van der Waals surface area contributed by atoms with E-state index < -0.39 is 0 Å². The van der Waals surface area contributed by atoms with Gasteiger partial charge in [0.25, 0.3) is 5.56 Å². The first-order chi connectivity index (χ1) is 11.5. The number of hydrogen-bond donors (Lipinski definition) is 0. The van der Waals surface area contributed by atoms with Crippen molar-refractivity contribution in [3.63, 3.8) is 0 Å². The third-order valence-corrected chi connectivity index (χ3v) is 5.35. The first kappa shape index (κ1) is 17.2. The van der Waals surface area contributed by atoms with E-state index in [2.05, 4.69) is 27.9 Å². The van der Waals surface area contributed by atoms with Crippen LogP contribution in [0.1, 0.15) is 30.0 Å². The number of benzene rings is 1. The van der Waals surface area contributed by atoms with Gasteiger partial charge in [0, 0.05) is 12.2 Å². The Morgan fingerprint density at radius 1 is 1.08 bits per heavy atom. The number of para-hydroxylation sites is 1. The lowest BCUT2D eigenvalue weighted by Gasteiger charge is -2.30. The van der Waals surface area contributed by atoms with Crippen LogP contribution in [0.15, 0.2) is 39.7 Å². The van der Waals surface area contributed by atoms with Gasteiger partial charge in [0.05, 0.1) is 4.47 Å². The molecule has 4 nitrogen and oxygen atoms in total. The number of rotatable bonds is 3. The van der Waals surface area contributed by atoms with Crippen molar-refractivity contribution in [2.45, 2.75) is 32.7 Å². The molecule has 0 radical (unpaired) electrons. The van der Waals surface area contributed by atoms with Crippen molar-refractivity contribution < 1.29 is 4.74 Å². The summed E-state index contributed by atoms with van der Waals surface area (Å²) in [6.07, 6.45) is 3.85. The van der Waals surface area contributed by atoms with Crippen LogP contribution in [0.5, 0.6) is 11.5 Å². The number of pyridine rings is 1. The van der Waals surface area contributed by atoms with E-state index in [0.717, 1.165) is 42.8 Å². The van der Waals surface area contributed by atoms with Gasteiger partial charge >= 0.3 is 0 Å². The predicted molar refractivity (Wildman–Crippen MR) is 100 cm³/mol. The van der Waals surface area contributed by atoms with E-state index >= 15 is 0 Å². The van der Waals surface area contributed by atoms with Gasteiger partial charge in [-0.3, -0.25) is 4.79 Å². The summed E-state index contributed by atoms with van der Waals surface area (Å²) < 4.78 is 8.59. The Balaban J connectivity index is 1.97. The van der Waals surface area contributed by atoms with Gasteiger partial charge in [-0.25, -0.2) is 0 Å². The van der Waals surface area contributed by atoms with Crippen LogP contribution in [0.2, 0.25) is 0 Å². The second-order valence-electron chi connectivity index (χ2n) is 6.56. The van der Waals surface area contributed by atoms with E-state index in [4.69, 9.17) is 4.74 Å². The quantitative estimate of drug-likeness (QED) is 0.783. The van der Waals surface area contributed by atoms with Gasteiger partial charge in [-0.15, -0.1) is 0 Å². The highest BCUT2D eigenvalue weighted by molar-refractivity contribution is 9.10. The van der Waals surface area contributed by atoms with Gasteiger partial charge in [-0.1, -0.05) is 18.2 Å². The van der Waals surface area contributed by atoms with E-state index in [-0.39, 0.29) is 11.6 Å². The standard InChI is InChI=1S/C19H23BrN2O2/c1-13-5-4-6-14(2)17(13)24-18-16(20)9-12-22(19(18)23)15-7-10-21(3)11-8-15/h4-6,9,12,15H,7-8,10-11H2,1-3H3. The Hall–Kier alpha value is -1.59. The summed E-state index contributed by atoms with van der Waals surface area (Å²) >= 11 is 3.47. The highest BCUT2D eigenvalue weighted by Crippen LogP contribution is 2.32. The molecule has 0 N–H and O–H groups in total. The van der Waals surface area contributed by atoms with E-state index in [0.29, 0.717) is 10.2 Å². The van der Waals surface area contributed by atoms with Crippen LogP contribution in [0.4, 0.5) is 0 Å². The van der Waals surface area contributed by atoms with E-state index in [9.17, 15) is 4.79 Å². The normalized spacial score (nSPS) is 16.3. The topological polar surface area (TPSA) is 34.5 Å². The Morgan fingerprint density at radius 3 is 2.33 bits per heavy atom. The number of nitrogens with zero attached hydrogens (tertiary/aromatic N) is 2. The number of hydrogen-bond acceptors (Lipinski definition) is 3. The first-order valence-electron chi connectivity index (χ1n) is 8.30. The molecule has 0 amide bonds. The zero-order valence-electron chi connectivity index (χ0n) is 14.4. The molecule has 0 saturated carbocycles. The lowest BCUT2D eigenvalue weighted by Crippen LogP contribution is -2.35. The molecule has 0 unspecified atom stereocenters. The minimum Gasteiger partial charge on any atom is -0.450 e. The fourth-order valence-corrected chi connectivity index (χ4v) is 3.59. The number of piperidine rings is 1. The summed E-state index contributed by atoms with van der Waals surface area (Å²) in [4.78, 5) is 15.3. The van der Waals surface area contributed by atoms with Crippen molar-refractivity contribution in [3.05, 3.63) is 56.4 Å². The highest BCUT2D eigenvalue weighted by atomic mass is 79.9. The number of ether oxygens (including phenoxy) is 1. The molecule has 0 spiro atoms. The molecule has 1 aliphatic rings. The van der Waals surface area contributed by atoms with Crippen LogP contribution >= 0.6 is 15.9 Å². The predicted octanol–water partition coefficient (Wildman–Crippen LogP) is 4.29. The number of likely N-dealkylation sites (tertiary alicyclic amines) is 1.